The molecule has 2 aromatic carbocycles. The quantitative estimate of drug-likeness (QED) is 0.490. The van der Waals surface area contributed by atoms with Gasteiger partial charge < -0.3 is 0 Å². The first-order chi connectivity index (χ1) is 14.5. The van der Waals surface area contributed by atoms with Crippen LogP contribution in [0.3, 0.4) is 0 Å². The standard InChI is InChI=1S/C26H31NO2S/c1-4-6-12-24(16-15-22-10-8-7-9-11-22)26-20-27(19-23(26)5-2)30(28,29)25-17-13-21(3)14-18-25/h5,7-11,13-18,23H,2,4,6,12,19-20H2,1,3H3/b16-15+,26-24+. The highest BCUT2D eigenvalue weighted by Gasteiger charge is 2.35. The molecule has 1 heterocycles. The first-order valence-corrected chi connectivity index (χ1v) is 12.0. The fourth-order valence-corrected chi connectivity index (χ4v) is 5.22. The number of sulfonamides is 1. The van der Waals surface area contributed by atoms with Crippen LogP contribution in [0.15, 0.2) is 89.4 Å². The van der Waals surface area contributed by atoms with Crippen molar-refractivity contribution in [3.8, 4) is 0 Å². The SMILES string of the molecule is C=CC1CN(S(=O)(=O)c2ccc(C)cc2)C/C1=C(\C=C\c1ccccc1)CCCC. The van der Waals surface area contributed by atoms with Crippen molar-refractivity contribution < 1.29 is 8.42 Å². The molecular formula is C26H31NO2S. The highest BCUT2D eigenvalue weighted by molar-refractivity contribution is 7.89. The molecule has 0 spiro atoms. The molecule has 0 saturated carbocycles. The minimum atomic E-state index is -3.53. The molecule has 30 heavy (non-hydrogen) atoms. The molecule has 1 atom stereocenters. The number of aryl methyl sites for hydroxylation is 1. The third kappa shape index (κ3) is 5.18. The van der Waals surface area contributed by atoms with Gasteiger partial charge in [0.1, 0.15) is 0 Å². The number of nitrogens with zero attached hydrogens (tertiary/aromatic N) is 1. The Hall–Kier alpha value is -2.43. The lowest BCUT2D eigenvalue weighted by molar-refractivity contribution is 0.471. The van der Waals surface area contributed by atoms with Crippen molar-refractivity contribution in [3.63, 3.8) is 0 Å². The molecule has 0 bridgehead atoms. The number of rotatable bonds is 8. The van der Waals surface area contributed by atoms with Crippen LogP contribution in [0.4, 0.5) is 0 Å². The lowest BCUT2D eigenvalue weighted by Gasteiger charge is -2.16. The van der Waals surface area contributed by atoms with Crippen LogP contribution in [0, 0.1) is 12.8 Å². The zero-order valence-electron chi connectivity index (χ0n) is 17.9. The summed E-state index contributed by atoms with van der Waals surface area (Å²) in [5.74, 6) is 0.0394. The van der Waals surface area contributed by atoms with Gasteiger partial charge in [-0.2, -0.15) is 4.31 Å². The third-order valence-electron chi connectivity index (χ3n) is 5.63. The van der Waals surface area contributed by atoms with Gasteiger partial charge in [0.2, 0.25) is 10.0 Å². The number of benzene rings is 2. The molecule has 1 saturated heterocycles. The van der Waals surface area contributed by atoms with Crippen molar-refractivity contribution in [3.05, 3.63) is 95.6 Å². The molecule has 1 fully saturated rings. The maximum absolute atomic E-state index is 13.2. The van der Waals surface area contributed by atoms with Gasteiger partial charge in [-0.3, -0.25) is 0 Å². The minimum absolute atomic E-state index is 0.0394. The van der Waals surface area contributed by atoms with E-state index in [4.69, 9.17) is 0 Å². The van der Waals surface area contributed by atoms with Crippen molar-refractivity contribution in [2.45, 2.75) is 38.0 Å². The highest BCUT2D eigenvalue weighted by Crippen LogP contribution is 2.33. The maximum Gasteiger partial charge on any atom is 0.243 e. The van der Waals surface area contributed by atoms with E-state index in [0.717, 1.165) is 30.4 Å². The summed E-state index contributed by atoms with van der Waals surface area (Å²) in [5, 5.41) is 0. The fraction of sp³-hybridized carbons (Fsp3) is 0.308. The Labute approximate surface area is 181 Å². The summed E-state index contributed by atoms with van der Waals surface area (Å²) in [6.07, 6.45) is 9.29. The van der Waals surface area contributed by atoms with Gasteiger partial charge in [0.25, 0.3) is 0 Å². The minimum Gasteiger partial charge on any atom is -0.207 e. The Balaban J connectivity index is 1.94. The van der Waals surface area contributed by atoms with E-state index < -0.39 is 10.0 Å². The first-order valence-electron chi connectivity index (χ1n) is 10.6. The summed E-state index contributed by atoms with van der Waals surface area (Å²) in [6, 6.07) is 17.3. The van der Waals surface area contributed by atoms with Crippen molar-refractivity contribution in [1.82, 2.24) is 4.31 Å². The molecule has 3 rings (SSSR count). The molecule has 1 unspecified atom stereocenters. The van der Waals surface area contributed by atoms with Crippen LogP contribution in [-0.4, -0.2) is 25.8 Å². The van der Waals surface area contributed by atoms with Gasteiger partial charge in [-0.05, 0) is 48.6 Å². The molecule has 1 aliphatic heterocycles. The van der Waals surface area contributed by atoms with Gasteiger partial charge in [-0.15, -0.1) is 6.58 Å². The molecule has 2 aromatic rings. The van der Waals surface area contributed by atoms with E-state index >= 15 is 0 Å². The predicted molar refractivity (Wildman–Crippen MR) is 126 cm³/mol. The van der Waals surface area contributed by atoms with Crippen LogP contribution < -0.4 is 0 Å². The lowest BCUT2D eigenvalue weighted by atomic mass is 9.93. The van der Waals surface area contributed by atoms with Crippen LogP contribution in [0.2, 0.25) is 0 Å². The molecule has 0 aromatic heterocycles. The molecule has 1 aliphatic rings. The zero-order chi connectivity index (χ0) is 21.6. The molecule has 0 radical (unpaired) electrons. The monoisotopic (exact) mass is 421 g/mol. The van der Waals surface area contributed by atoms with Gasteiger partial charge in [0.15, 0.2) is 0 Å². The van der Waals surface area contributed by atoms with E-state index in [1.807, 2.05) is 43.3 Å². The summed E-state index contributed by atoms with van der Waals surface area (Å²) in [7, 11) is -3.53. The zero-order valence-corrected chi connectivity index (χ0v) is 18.7. The second-order valence-corrected chi connectivity index (χ2v) is 9.79. The molecule has 158 valence electrons. The Kier molecular flexibility index (Phi) is 7.46. The Morgan fingerprint density at radius 3 is 2.47 bits per heavy atom. The summed E-state index contributed by atoms with van der Waals surface area (Å²) in [4.78, 5) is 0.354. The van der Waals surface area contributed by atoms with Gasteiger partial charge in [0, 0.05) is 19.0 Å². The average Bonchev–Trinajstić information content (AvgIpc) is 3.20. The highest BCUT2D eigenvalue weighted by atomic mass is 32.2. The van der Waals surface area contributed by atoms with Gasteiger partial charge in [-0.25, -0.2) is 8.42 Å². The van der Waals surface area contributed by atoms with E-state index in [-0.39, 0.29) is 5.92 Å². The second-order valence-electron chi connectivity index (χ2n) is 7.85. The van der Waals surface area contributed by atoms with Gasteiger partial charge in [0.05, 0.1) is 4.90 Å². The third-order valence-corrected chi connectivity index (χ3v) is 7.45. The van der Waals surface area contributed by atoms with Crippen LogP contribution in [0.5, 0.6) is 0 Å². The average molecular weight is 422 g/mol. The summed E-state index contributed by atoms with van der Waals surface area (Å²) in [5.41, 5.74) is 4.59. The van der Waals surface area contributed by atoms with Crippen LogP contribution in [0.1, 0.15) is 37.3 Å². The molecule has 0 aliphatic carbocycles. The molecule has 3 nitrogen and oxygen atoms in total. The van der Waals surface area contributed by atoms with Crippen LogP contribution >= 0.6 is 0 Å². The van der Waals surface area contributed by atoms with Crippen LogP contribution in [0.25, 0.3) is 6.08 Å². The number of hydrogen-bond acceptors (Lipinski definition) is 2. The van der Waals surface area contributed by atoms with Crippen molar-refractivity contribution in [2.75, 3.05) is 13.1 Å². The van der Waals surface area contributed by atoms with Crippen molar-refractivity contribution in [2.24, 2.45) is 5.92 Å². The molecule has 0 amide bonds. The maximum atomic E-state index is 13.2. The Morgan fingerprint density at radius 1 is 1.13 bits per heavy atom. The lowest BCUT2D eigenvalue weighted by Crippen LogP contribution is -2.28. The van der Waals surface area contributed by atoms with E-state index in [0.29, 0.717) is 18.0 Å². The topological polar surface area (TPSA) is 37.4 Å². The Morgan fingerprint density at radius 2 is 1.83 bits per heavy atom. The number of allylic oxidation sites excluding steroid dienone is 2. The molecule has 0 N–H and O–H groups in total. The Bertz CT molecular complexity index is 1020. The van der Waals surface area contributed by atoms with Crippen molar-refractivity contribution in [1.29, 1.82) is 0 Å². The van der Waals surface area contributed by atoms with Crippen molar-refractivity contribution >= 4 is 16.1 Å². The summed E-state index contributed by atoms with van der Waals surface area (Å²) >= 11 is 0. The van der Waals surface area contributed by atoms with Gasteiger partial charge in [-0.1, -0.05) is 79.6 Å². The normalized spacial score (nSPS) is 19.3. The first kappa shape index (κ1) is 22.3. The number of unbranched alkanes of at least 4 members (excludes halogenated alkanes) is 1. The second kappa shape index (κ2) is 10.1. The van der Waals surface area contributed by atoms with E-state index in [1.165, 1.54) is 11.1 Å². The van der Waals surface area contributed by atoms with E-state index in [9.17, 15) is 8.42 Å². The van der Waals surface area contributed by atoms with E-state index in [1.54, 1.807) is 16.4 Å². The molecule has 4 heteroatoms. The number of hydrogen-bond donors (Lipinski definition) is 0. The molecular weight excluding hydrogens is 390 g/mol. The smallest absolute Gasteiger partial charge is 0.207 e. The van der Waals surface area contributed by atoms with Gasteiger partial charge >= 0.3 is 0 Å². The largest absolute Gasteiger partial charge is 0.243 e. The fourth-order valence-electron chi connectivity index (χ4n) is 3.78. The summed E-state index contributed by atoms with van der Waals surface area (Å²) < 4.78 is 28.0. The van der Waals surface area contributed by atoms with E-state index in [2.05, 4.69) is 37.8 Å². The predicted octanol–water partition coefficient (Wildman–Crippen LogP) is 6.00. The summed E-state index contributed by atoms with van der Waals surface area (Å²) in [6.45, 7) is 9.00. The van der Waals surface area contributed by atoms with Crippen LogP contribution in [-0.2, 0) is 10.0 Å².